The maximum atomic E-state index is 13.2. The summed E-state index contributed by atoms with van der Waals surface area (Å²) < 4.78 is 0. The zero-order valence-corrected chi connectivity index (χ0v) is 15.7. The number of carbonyl (C=O) groups excluding carboxylic acids is 1. The van der Waals surface area contributed by atoms with Gasteiger partial charge in [0.1, 0.15) is 10.5 Å². The van der Waals surface area contributed by atoms with Gasteiger partial charge in [0.25, 0.3) is 0 Å². The molecule has 23 heavy (non-hydrogen) atoms. The molecule has 1 aromatic heterocycles. The van der Waals surface area contributed by atoms with Gasteiger partial charge in [0.15, 0.2) is 0 Å². The second-order valence-corrected chi connectivity index (χ2v) is 8.52. The molecule has 3 heterocycles. The third-order valence-corrected chi connectivity index (χ3v) is 6.23. The number of carbonyl (C=O) groups is 1. The molecule has 3 rings (SSSR count). The van der Waals surface area contributed by atoms with Crippen LogP contribution in [0.4, 0.5) is 0 Å². The summed E-state index contributed by atoms with van der Waals surface area (Å²) in [6.07, 6.45) is 4.27. The van der Waals surface area contributed by atoms with Gasteiger partial charge in [0.05, 0.1) is 12.2 Å². The predicted molar refractivity (Wildman–Crippen MR) is 94.7 cm³/mol. The van der Waals surface area contributed by atoms with E-state index in [2.05, 4.69) is 42.9 Å². The molecular weight excluding hydrogens is 306 g/mol. The SMILES string of the molecule is CC(C)c1csc(CN2CCCC23CCCN(C(C)C)C3=O)n1. The average Bonchev–Trinajstić information content (AvgIpc) is 3.11. The molecule has 0 radical (unpaired) electrons. The first kappa shape index (κ1) is 16.9. The van der Waals surface area contributed by atoms with Crippen LogP contribution in [0.3, 0.4) is 0 Å². The summed E-state index contributed by atoms with van der Waals surface area (Å²) >= 11 is 1.74. The van der Waals surface area contributed by atoms with E-state index in [-0.39, 0.29) is 5.54 Å². The Morgan fingerprint density at radius 3 is 2.52 bits per heavy atom. The van der Waals surface area contributed by atoms with Gasteiger partial charge in [0.2, 0.25) is 5.91 Å². The second kappa shape index (κ2) is 6.52. The van der Waals surface area contributed by atoms with Crippen LogP contribution in [-0.2, 0) is 11.3 Å². The van der Waals surface area contributed by atoms with Crippen molar-refractivity contribution in [3.63, 3.8) is 0 Å². The van der Waals surface area contributed by atoms with E-state index in [1.807, 2.05) is 0 Å². The molecule has 2 aliphatic rings. The highest BCUT2D eigenvalue weighted by atomic mass is 32.1. The molecular formula is C18H29N3OS. The van der Waals surface area contributed by atoms with E-state index in [1.54, 1.807) is 11.3 Å². The molecule has 0 N–H and O–H groups in total. The summed E-state index contributed by atoms with van der Waals surface area (Å²) in [5.74, 6) is 0.831. The summed E-state index contributed by atoms with van der Waals surface area (Å²) in [5, 5.41) is 3.33. The molecule has 2 saturated heterocycles. The minimum atomic E-state index is -0.258. The quantitative estimate of drug-likeness (QED) is 0.843. The summed E-state index contributed by atoms with van der Waals surface area (Å²) in [6.45, 7) is 11.4. The van der Waals surface area contributed by atoms with Crippen LogP contribution < -0.4 is 0 Å². The van der Waals surface area contributed by atoms with E-state index in [4.69, 9.17) is 4.98 Å². The van der Waals surface area contributed by atoms with Crippen LogP contribution >= 0.6 is 11.3 Å². The molecule has 1 unspecified atom stereocenters. The molecule has 1 spiro atoms. The molecule has 1 atom stereocenters. The Labute approximate surface area is 143 Å². The van der Waals surface area contributed by atoms with Gasteiger partial charge in [-0.25, -0.2) is 4.98 Å². The van der Waals surface area contributed by atoms with Crippen molar-refractivity contribution < 1.29 is 4.79 Å². The molecule has 128 valence electrons. The average molecular weight is 336 g/mol. The molecule has 0 aromatic carbocycles. The number of aromatic nitrogens is 1. The zero-order valence-electron chi connectivity index (χ0n) is 14.8. The van der Waals surface area contributed by atoms with E-state index < -0.39 is 0 Å². The molecule has 4 nitrogen and oxygen atoms in total. The van der Waals surface area contributed by atoms with Crippen LogP contribution in [0.25, 0.3) is 0 Å². The van der Waals surface area contributed by atoms with E-state index in [9.17, 15) is 4.79 Å². The summed E-state index contributed by atoms with van der Waals surface area (Å²) in [5.41, 5.74) is 0.920. The smallest absolute Gasteiger partial charge is 0.243 e. The highest BCUT2D eigenvalue weighted by Crippen LogP contribution is 2.40. The van der Waals surface area contributed by atoms with Crippen molar-refractivity contribution in [3.8, 4) is 0 Å². The number of nitrogens with zero attached hydrogens (tertiary/aromatic N) is 3. The van der Waals surface area contributed by atoms with Crippen LogP contribution in [-0.4, -0.2) is 45.4 Å². The van der Waals surface area contributed by atoms with Gasteiger partial charge in [-0.2, -0.15) is 0 Å². The first-order valence-electron chi connectivity index (χ1n) is 8.94. The molecule has 1 amide bonds. The number of piperidine rings is 1. The van der Waals surface area contributed by atoms with Crippen molar-refractivity contribution in [1.29, 1.82) is 0 Å². The van der Waals surface area contributed by atoms with Crippen molar-refractivity contribution in [2.45, 2.75) is 77.4 Å². The largest absolute Gasteiger partial charge is 0.339 e. The number of rotatable bonds is 4. The van der Waals surface area contributed by atoms with Crippen molar-refractivity contribution >= 4 is 17.2 Å². The highest BCUT2D eigenvalue weighted by molar-refractivity contribution is 7.09. The Kier molecular flexibility index (Phi) is 4.79. The van der Waals surface area contributed by atoms with Gasteiger partial charge in [-0.15, -0.1) is 11.3 Å². The monoisotopic (exact) mass is 335 g/mol. The number of hydrogen-bond donors (Lipinski definition) is 0. The number of hydrogen-bond acceptors (Lipinski definition) is 4. The second-order valence-electron chi connectivity index (χ2n) is 7.57. The number of thiazole rings is 1. The standard InChI is InChI=1S/C18H29N3OS/c1-13(2)15-12-23-16(19-15)11-20-9-5-7-18(20)8-6-10-21(14(3)4)17(18)22/h12-14H,5-11H2,1-4H3. The topological polar surface area (TPSA) is 36.4 Å². The van der Waals surface area contributed by atoms with Gasteiger partial charge >= 0.3 is 0 Å². The summed E-state index contributed by atoms with van der Waals surface area (Å²) in [6, 6.07) is 0.300. The number of likely N-dealkylation sites (tertiary alicyclic amines) is 2. The van der Waals surface area contributed by atoms with Crippen LogP contribution in [0.5, 0.6) is 0 Å². The van der Waals surface area contributed by atoms with E-state index in [1.165, 1.54) is 5.69 Å². The Balaban J connectivity index is 1.79. The molecule has 0 aliphatic carbocycles. The maximum absolute atomic E-state index is 13.2. The first-order chi connectivity index (χ1) is 10.9. The lowest BCUT2D eigenvalue weighted by Crippen LogP contribution is -2.61. The minimum Gasteiger partial charge on any atom is -0.339 e. The number of amides is 1. The Bertz CT molecular complexity index is 568. The fourth-order valence-corrected chi connectivity index (χ4v) is 5.00. The molecule has 0 bridgehead atoms. The lowest BCUT2D eigenvalue weighted by molar-refractivity contribution is -0.149. The normalized spacial score (nSPS) is 26.2. The fourth-order valence-electron chi connectivity index (χ4n) is 4.03. The first-order valence-corrected chi connectivity index (χ1v) is 9.82. The lowest BCUT2D eigenvalue weighted by atomic mass is 9.85. The van der Waals surface area contributed by atoms with Gasteiger partial charge < -0.3 is 4.90 Å². The van der Waals surface area contributed by atoms with Crippen LogP contribution in [0.15, 0.2) is 5.38 Å². The van der Waals surface area contributed by atoms with Crippen molar-refractivity contribution in [2.24, 2.45) is 0 Å². The van der Waals surface area contributed by atoms with E-state index in [0.717, 1.165) is 50.3 Å². The van der Waals surface area contributed by atoms with Crippen LogP contribution in [0.1, 0.15) is 70.0 Å². The predicted octanol–water partition coefficient (Wildman–Crippen LogP) is 3.63. The lowest BCUT2D eigenvalue weighted by Gasteiger charge is -2.45. The Morgan fingerprint density at radius 1 is 1.22 bits per heavy atom. The van der Waals surface area contributed by atoms with Crippen LogP contribution in [0, 0.1) is 0 Å². The molecule has 2 fully saturated rings. The van der Waals surface area contributed by atoms with Crippen molar-refractivity contribution in [3.05, 3.63) is 16.1 Å². The maximum Gasteiger partial charge on any atom is 0.243 e. The molecule has 5 heteroatoms. The van der Waals surface area contributed by atoms with Gasteiger partial charge in [-0.3, -0.25) is 9.69 Å². The van der Waals surface area contributed by atoms with Gasteiger partial charge in [-0.05, 0) is 52.0 Å². The Morgan fingerprint density at radius 2 is 1.91 bits per heavy atom. The highest BCUT2D eigenvalue weighted by Gasteiger charge is 2.51. The van der Waals surface area contributed by atoms with Crippen molar-refractivity contribution in [1.82, 2.24) is 14.8 Å². The van der Waals surface area contributed by atoms with E-state index in [0.29, 0.717) is 17.9 Å². The Hall–Kier alpha value is -0.940. The summed E-state index contributed by atoms with van der Waals surface area (Å²) in [7, 11) is 0. The zero-order chi connectivity index (χ0) is 16.6. The molecule has 0 saturated carbocycles. The van der Waals surface area contributed by atoms with E-state index >= 15 is 0 Å². The molecule has 1 aromatic rings. The van der Waals surface area contributed by atoms with Gasteiger partial charge in [0, 0.05) is 18.0 Å². The van der Waals surface area contributed by atoms with Crippen molar-refractivity contribution in [2.75, 3.05) is 13.1 Å². The summed E-state index contributed by atoms with van der Waals surface area (Å²) in [4.78, 5) is 22.5. The fraction of sp³-hybridized carbons (Fsp3) is 0.778. The van der Waals surface area contributed by atoms with Crippen LogP contribution in [0.2, 0.25) is 0 Å². The third-order valence-electron chi connectivity index (χ3n) is 5.38. The molecule has 2 aliphatic heterocycles. The minimum absolute atomic E-state index is 0.258. The van der Waals surface area contributed by atoms with Gasteiger partial charge in [-0.1, -0.05) is 13.8 Å². The third kappa shape index (κ3) is 3.05.